The summed E-state index contributed by atoms with van der Waals surface area (Å²) in [5, 5.41) is 20.7. The van der Waals surface area contributed by atoms with Gasteiger partial charge in [-0.2, -0.15) is 0 Å². The molecule has 94 valence electrons. The monoisotopic (exact) mass is 239 g/mol. The Kier molecular flexibility index (Phi) is 5.45. The van der Waals surface area contributed by atoms with E-state index in [9.17, 15) is 4.79 Å². The minimum Gasteiger partial charge on any atom is -0.491 e. The quantitative estimate of drug-likeness (QED) is 0.611. The lowest BCUT2D eigenvalue weighted by molar-refractivity contribution is 0.0692. The Labute approximate surface area is 100 Å². The molecule has 0 saturated heterocycles. The van der Waals surface area contributed by atoms with Crippen molar-refractivity contribution in [2.45, 2.75) is 13.0 Å². The second kappa shape index (κ2) is 6.88. The molecular weight excluding hydrogens is 222 g/mol. The van der Waals surface area contributed by atoms with E-state index in [2.05, 4.69) is 5.32 Å². The zero-order valence-electron chi connectivity index (χ0n) is 9.72. The van der Waals surface area contributed by atoms with Gasteiger partial charge in [-0.1, -0.05) is 12.1 Å². The molecule has 17 heavy (non-hydrogen) atoms. The Bertz CT molecular complexity index is 367. The standard InChI is InChI=1S/C12H17NO4/c1-9(8-14)13-6-7-17-11-5-3-2-4-10(11)12(15)16/h2-5,9,13-14H,6-8H2,1H3,(H,15,16). The van der Waals surface area contributed by atoms with Crippen molar-refractivity contribution < 1.29 is 19.7 Å². The van der Waals surface area contributed by atoms with Crippen LogP contribution in [0.2, 0.25) is 0 Å². The molecule has 5 nitrogen and oxygen atoms in total. The largest absolute Gasteiger partial charge is 0.491 e. The lowest BCUT2D eigenvalue weighted by Gasteiger charge is -2.12. The van der Waals surface area contributed by atoms with Crippen LogP contribution < -0.4 is 10.1 Å². The number of aliphatic hydroxyl groups is 1. The lowest BCUT2D eigenvalue weighted by atomic mass is 10.2. The first-order valence-corrected chi connectivity index (χ1v) is 5.44. The molecule has 1 atom stereocenters. The van der Waals surface area contributed by atoms with Gasteiger partial charge in [-0.15, -0.1) is 0 Å². The van der Waals surface area contributed by atoms with E-state index in [-0.39, 0.29) is 18.2 Å². The van der Waals surface area contributed by atoms with Gasteiger partial charge in [0.05, 0.1) is 6.61 Å². The van der Waals surface area contributed by atoms with Gasteiger partial charge in [0.2, 0.25) is 0 Å². The number of hydrogen-bond acceptors (Lipinski definition) is 4. The molecular formula is C12H17NO4. The Balaban J connectivity index is 2.44. The lowest BCUT2D eigenvalue weighted by Crippen LogP contribution is -2.32. The van der Waals surface area contributed by atoms with E-state index in [4.69, 9.17) is 14.9 Å². The number of carboxylic acids is 1. The zero-order chi connectivity index (χ0) is 12.7. The predicted octanol–water partition coefficient (Wildman–Crippen LogP) is 0.734. The first-order valence-electron chi connectivity index (χ1n) is 5.44. The number of rotatable bonds is 7. The third-order valence-electron chi connectivity index (χ3n) is 2.24. The Hall–Kier alpha value is -1.59. The van der Waals surface area contributed by atoms with Gasteiger partial charge < -0.3 is 20.3 Å². The van der Waals surface area contributed by atoms with Crippen molar-refractivity contribution in [1.29, 1.82) is 0 Å². The fraction of sp³-hybridized carbons (Fsp3) is 0.417. The Morgan fingerprint density at radius 1 is 1.47 bits per heavy atom. The molecule has 0 aliphatic heterocycles. The molecule has 1 aromatic carbocycles. The molecule has 3 N–H and O–H groups in total. The first kappa shape index (κ1) is 13.5. The van der Waals surface area contributed by atoms with Crippen molar-refractivity contribution in [3.8, 4) is 5.75 Å². The summed E-state index contributed by atoms with van der Waals surface area (Å²) in [5.74, 6) is -0.643. The van der Waals surface area contributed by atoms with E-state index in [0.717, 1.165) is 0 Å². The molecule has 0 aliphatic carbocycles. The van der Waals surface area contributed by atoms with E-state index >= 15 is 0 Å². The highest BCUT2D eigenvalue weighted by atomic mass is 16.5. The average Bonchev–Trinajstić information content (AvgIpc) is 2.34. The molecule has 0 bridgehead atoms. The van der Waals surface area contributed by atoms with Crippen LogP contribution in [0.4, 0.5) is 0 Å². The van der Waals surface area contributed by atoms with Gasteiger partial charge in [0.15, 0.2) is 0 Å². The summed E-state index contributed by atoms with van der Waals surface area (Å²) in [6.45, 7) is 2.82. The highest BCUT2D eigenvalue weighted by molar-refractivity contribution is 5.90. The summed E-state index contributed by atoms with van der Waals surface area (Å²) in [5.41, 5.74) is 0.155. The number of benzene rings is 1. The third-order valence-corrected chi connectivity index (χ3v) is 2.24. The van der Waals surface area contributed by atoms with E-state index in [0.29, 0.717) is 18.9 Å². The Morgan fingerprint density at radius 2 is 2.18 bits per heavy atom. The van der Waals surface area contributed by atoms with Crippen molar-refractivity contribution in [2.75, 3.05) is 19.8 Å². The molecule has 5 heteroatoms. The van der Waals surface area contributed by atoms with Crippen molar-refractivity contribution in [1.82, 2.24) is 5.32 Å². The number of carboxylic acid groups (broad SMARTS) is 1. The maximum Gasteiger partial charge on any atom is 0.339 e. The average molecular weight is 239 g/mol. The summed E-state index contributed by atoms with van der Waals surface area (Å²) in [7, 11) is 0. The van der Waals surface area contributed by atoms with Crippen molar-refractivity contribution in [3.05, 3.63) is 29.8 Å². The molecule has 0 fully saturated rings. The van der Waals surface area contributed by atoms with Crippen LogP contribution in [0.5, 0.6) is 5.75 Å². The number of carbonyl (C=O) groups is 1. The molecule has 0 heterocycles. The van der Waals surface area contributed by atoms with Crippen LogP contribution in [0, 0.1) is 0 Å². The molecule has 0 aromatic heterocycles. The van der Waals surface area contributed by atoms with Crippen LogP contribution in [-0.2, 0) is 0 Å². The van der Waals surface area contributed by atoms with E-state index < -0.39 is 5.97 Å². The zero-order valence-corrected chi connectivity index (χ0v) is 9.72. The first-order chi connectivity index (χ1) is 8.15. The SMILES string of the molecule is CC(CO)NCCOc1ccccc1C(=O)O. The van der Waals surface area contributed by atoms with Gasteiger partial charge in [0.1, 0.15) is 17.9 Å². The van der Waals surface area contributed by atoms with Crippen molar-refractivity contribution >= 4 is 5.97 Å². The number of ether oxygens (including phenoxy) is 1. The van der Waals surface area contributed by atoms with Crippen LogP contribution >= 0.6 is 0 Å². The molecule has 0 amide bonds. The molecule has 0 radical (unpaired) electrons. The minimum absolute atomic E-state index is 0.00770. The van der Waals surface area contributed by atoms with Gasteiger partial charge >= 0.3 is 5.97 Å². The summed E-state index contributed by atoms with van der Waals surface area (Å²) in [4.78, 5) is 10.9. The van der Waals surface area contributed by atoms with E-state index in [1.54, 1.807) is 18.2 Å². The number of para-hydroxylation sites is 1. The summed E-state index contributed by atoms with van der Waals surface area (Å²) in [6.07, 6.45) is 0. The van der Waals surface area contributed by atoms with Crippen molar-refractivity contribution in [2.24, 2.45) is 0 Å². The summed E-state index contributed by atoms with van der Waals surface area (Å²) in [6, 6.07) is 6.52. The fourth-order valence-corrected chi connectivity index (χ4v) is 1.30. The van der Waals surface area contributed by atoms with Crippen LogP contribution in [-0.4, -0.2) is 42.0 Å². The van der Waals surface area contributed by atoms with Gasteiger partial charge in [0.25, 0.3) is 0 Å². The van der Waals surface area contributed by atoms with Crippen LogP contribution in [0.3, 0.4) is 0 Å². The number of hydrogen-bond donors (Lipinski definition) is 3. The fourth-order valence-electron chi connectivity index (χ4n) is 1.30. The predicted molar refractivity (Wildman–Crippen MR) is 63.4 cm³/mol. The third kappa shape index (κ3) is 4.42. The van der Waals surface area contributed by atoms with Crippen LogP contribution in [0.15, 0.2) is 24.3 Å². The maximum atomic E-state index is 10.9. The maximum absolute atomic E-state index is 10.9. The van der Waals surface area contributed by atoms with Gasteiger partial charge in [-0.25, -0.2) is 4.79 Å². The van der Waals surface area contributed by atoms with Gasteiger partial charge in [0, 0.05) is 12.6 Å². The second-order valence-electron chi connectivity index (χ2n) is 3.69. The van der Waals surface area contributed by atoms with E-state index in [1.165, 1.54) is 6.07 Å². The van der Waals surface area contributed by atoms with Gasteiger partial charge in [-0.05, 0) is 19.1 Å². The van der Waals surface area contributed by atoms with Gasteiger partial charge in [-0.3, -0.25) is 0 Å². The topological polar surface area (TPSA) is 78.8 Å². The highest BCUT2D eigenvalue weighted by Crippen LogP contribution is 2.17. The Morgan fingerprint density at radius 3 is 2.82 bits per heavy atom. The van der Waals surface area contributed by atoms with Crippen molar-refractivity contribution in [3.63, 3.8) is 0 Å². The van der Waals surface area contributed by atoms with Crippen LogP contribution in [0.1, 0.15) is 17.3 Å². The van der Waals surface area contributed by atoms with Crippen LogP contribution in [0.25, 0.3) is 0 Å². The highest BCUT2D eigenvalue weighted by Gasteiger charge is 2.09. The number of nitrogens with one attached hydrogen (secondary N) is 1. The molecule has 1 aromatic rings. The molecule has 0 saturated carbocycles. The number of aromatic carboxylic acids is 1. The van der Waals surface area contributed by atoms with E-state index in [1.807, 2.05) is 6.92 Å². The normalized spacial score (nSPS) is 12.1. The summed E-state index contributed by atoms with van der Waals surface area (Å²) >= 11 is 0. The smallest absolute Gasteiger partial charge is 0.339 e. The molecule has 0 spiro atoms. The minimum atomic E-state index is -1.00. The molecule has 0 aliphatic rings. The summed E-state index contributed by atoms with van der Waals surface area (Å²) < 4.78 is 5.37. The number of aliphatic hydroxyl groups excluding tert-OH is 1. The molecule has 1 rings (SSSR count). The second-order valence-corrected chi connectivity index (χ2v) is 3.69. The molecule has 1 unspecified atom stereocenters.